The normalized spacial score (nSPS) is 25.8. The second-order valence-electron chi connectivity index (χ2n) is 9.19. The Bertz CT molecular complexity index is 1010. The molecule has 3 aliphatic rings. The summed E-state index contributed by atoms with van der Waals surface area (Å²) in [5.74, 6) is -1.56. The second-order valence-corrected chi connectivity index (χ2v) is 11.0. The average Bonchev–Trinajstić information content (AvgIpc) is 3.21. The first-order valence-electron chi connectivity index (χ1n) is 10.9. The van der Waals surface area contributed by atoms with Crippen molar-refractivity contribution in [3.05, 3.63) is 35.9 Å². The number of hydrogen-bond acceptors (Lipinski definition) is 6. The van der Waals surface area contributed by atoms with E-state index in [4.69, 9.17) is 4.74 Å². The van der Waals surface area contributed by atoms with E-state index >= 15 is 0 Å². The van der Waals surface area contributed by atoms with Crippen LogP contribution in [0.2, 0.25) is 0 Å². The van der Waals surface area contributed by atoms with E-state index in [9.17, 15) is 22.8 Å². The first-order chi connectivity index (χ1) is 15.1. The van der Waals surface area contributed by atoms with Crippen LogP contribution in [-0.2, 0) is 31.0 Å². The minimum atomic E-state index is -3.71. The molecular formula is C22H29N3O6S. The number of likely N-dealkylation sites (tertiary alicyclic amines) is 2. The predicted molar refractivity (Wildman–Crippen MR) is 116 cm³/mol. The highest BCUT2D eigenvalue weighted by Gasteiger charge is 2.59. The molecule has 1 aromatic rings. The number of carbonyl (C=O) groups is 3. The molecule has 0 saturated carbocycles. The Labute approximate surface area is 188 Å². The third kappa shape index (κ3) is 3.96. The van der Waals surface area contributed by atoms with Crippen LogP contribution in [-0.4, -0.2) is 78.4 Å². The molecule has 0 aromatic heterocycles. The molecule has 4 rings (SSSR count). The van der Waals surface area contributed by atoms with E-state index < -0.39 is 40.0 Å². The lowest BCUT2D eigenvalue weighted by atomic mass is 9.87. The molecule has 3 saturated heterocycles. The summed E-state index contributed by atoms with van der Waals surface area (Å²) in [6.45, 7) is 4.85. The molecule has 0 bridgehead atoms. The largest absolute Gasteiger partial charge is 0.445 e. The Hall–Kier alpha value is -2.62. The molecule has 10 heteroatoms. The van der Waals surface area contributed by atoms with Crippen LogP contribution in [0.1, 0.15) is 25.8 Å². The number of benzene rings is 1. The summed E-state index contributed by atoms with van der Waals surface area (Å²) in [4.78, 5) is 41.5. The van der Waals surface area contributed by atoms with Crippen LogP contribution in [0.4, 0.5) is 4.79 Å². The van der Waals surface area contributed by atoms with Gasteiger partial charge in [0.05, 0.1) is 30.2 Å². The molecule has 0 spiro atoms. The minimum absolute atomic E-state index is 0.0963. The van der Waals surface area contributed by atoms with Crippen molar-refractivity contribution < 1.29 is 27.5 Å². The van der Waals surface area contributed by atoms with Gasteiger partial charge in [0.15, 0.2) is 0 Å². The summed E-state index contributed by atoms with van der Waals surface area (Å²) in [6.07, 6.45) is 1.02. The summed E-state index contributed by atoms with van der Waals surface area (Å²) in [7, 11) is -3.71. The number of amides is 3. The minimum Gasteiger partial charge on any atom is -0.445 e. The highest BCUT2D eigenvalue weighted by Crippen LogP contribution is 2.42. The van der Waals surface area contributed by atoms with Crippen LogP contribution in [0.5, 0.6) is 0 Å². The number of nitrogens with zero attached hydrogens (tertiary/aromatic N) is 3. The molecule has 174 valence electrons. The summed E-state index contributed by atoms with van der Waals surface area (Å²) in [5, 5.41) is 0. The summed E-state index contributed by atoms with van der Waals surface area (Å²) in [5.41, 5.74) is 0.887. The fraction of sp³-hybridized carbons (Fsp3) is 0.591. The lowest BCUT2D eigenvalue weighted by Gasteiger charge is -2.40. The fourth-order valence-corrected chi connectivity index (χ4v) is 6.29. The molecular weight excluding hydrogens is 434 g/mol. The maximum atomic E-state index is 13.2. The van der Waals surface area contributed by atoms with Crippen molar-refractivity contribution in [2.75, 3.05) is 25.9 Å². The molecule has 32 heavy (non-hydrogen) atoms. The van der Waals surface area contributed by atoms with Gasteiger partial charge in [0.25, 0.3) is 0 Å². The van der Waals surface area contributed by atoms with Gasteiger partial charge in [-0.25, -0.2) is 17.5 Å². The number of carbonyl (C=O) groups excluding carboxylic acids is 3. The summed E-state index contributed by atoms with van der Waals surface area (Å²) in [6, 6.07) is 8.39. The second kappa shape index (κ2) is 8.38. The van der Waals surface area contributed by atoms with Crippen LogP contribution >= 0.6 is 0 Å². The monoisotopic (exact) mass is 463 g/mol. The van der Waals surface area contributed by atoms with E-state index in [1.165, 1.54) is 4.90 Å². The van der Waals surface area contributed by atoms with Gasteiger partial charge < -0.3 is 14.5 Å². The van der Waals surface area contributed by atoms with Gasteiger partial charge in [-0.2, -0.15) is 0 Å². The molecule has 0 aliphatic carbocycles. The number of rotatable bonds is 5. The number of sulfonamides is 1. The van der Waals surface area contributed by atoms with Crippen LogP contribution in [0.15, 0.2) is 30.3 Å². The quantitative estimate of drug-likeness (QED) is 0.652. The zero-order valence-corrected chi connectivity index (χ0v) is 19.3. The Balaban J connectivity index is 1.38. The van der Waals surface area contributed by atoms with Crippen LogP contribution in [0.25, 0.3) is 0 Å². The highest BCUT2D eigenvalue weighted by atomic mass is 32.2. The molecule has 3 heterocycles. The molecule has 3 aliphatic heterocycles. The van der Waals surface area contributed by atoms with Crippen molar-refractivity contribution in [1.29, 1.82) is 0 Å². The maximum Gasteiger partial charge on any atom is 0.410 e. The van der Waals surface area contributed by atoms with E-state index in [1.807, 2.05) is 44.2 Å². The highest BCUT2D eigenvalue weighted by molar-refractivity contribution is 7.88. The molecule has 3 fully saturated rings. The van der Waals surface area contributed by atoms with Crippen molar-refractivity contribution in [3.63, 3.8) is 0 Å². The van der Waals surface area contributed by atoms with Gasteiger partial charge in [0.2, 0.25) is 21.8 Å². The standard InChI is InChI=1S/C22H29N3O6S/c1-14(2)18-19-17(25(21(18)27)32(3,29)30)9-10-24(19)20(26)16-11-23(12-16)22(28)31-13-15-7-5-4-6-8-15/h4-8,14,16-19H,9-13H2,1-3H3/t17-,18+,19-/m1/s1. The topological polar surface area (TPSA) is 104 Å². The van der Waals surface area contributed by atoms with Gasteiger partial charge in [0, 0.05) is 19.6 Å². The fourth-order valence-electron chi connectivity index (χ4n) is 5.12. The summed E-state index contributed by atoms with van der Waals surface area (Å²) >= 11 is 0. The zero-order chi connectivity index (χ0) is 23.2. The van der Waals surface area contributed by atoms with E-state index in [1.54, 1.807) is 4.90 Å². The van der Waals surface area contributed by atoms with E-state index in [2.05, 4.69) is 0 Å². The first kappa shape index (κ1) is 22.6. The summed E-state index contributed by atoms with van der Waals surface area (Å²) < 4.78 is 30.8. The van der Waals surface area contributed by atoms with Gasteiger partial charge in [-0.1, -0.05) is 44.2 Å². The molecule has 0 N–H and O–H groups in total. The van der Waals surface area contributed by atoms with Gasteiger partial charge >= 0.3 is 6.09 Å². The smallest absolute Gasteiger partial charge is 0.410 e. The van der Waals surface area contributed by atoms with Crippen molar-refractivity contribution in [2.45, 2.75) is 39.0 Å². The number of fused-ring (bicyclic) bond motifs is 1. The number of ether oxygens (including phenoxy) is 1. The molecule has 0 unspecified atom stereocenters. The van der Waals surface area contributed by atoms with Gasteiger partial charge in [-0.15, -0.1) is 0 Å². The van der Waals surface area contributed by atoms with Gasteiger partial charge in [0.1, 0.15) is 6.61 Å². The lowest BCUT2D eigenvalue weighted by molar-refractivity contribution is -0.142. The molecule has 1 aromatic carbocycles. The van der Waals surface area contributed by atoms with Crippen molar-refractivity contribution >= 4 is 27.9 Å². The third-order valence-electron chi connectivity index (χ3n) is 6.64. The zero-order valence-electron chi connectivity index (χ0n) is 18.5. The Kier molecular flexibility index (Phi) is 5.91. The Morgan fingerprint density at radius 2 is 1.81 bits per heavy atom. The first-order valence-corrected chi connectivity index (χ1v) is 12.7. The van der Waals surface area contributed by atoms with E-state index in [0.717, 1.165) is 16.1 Å². The molecule has 3 atom stereocenters. The molecule has 9 nitrogen and oxygen atoms in total. The van der Waals surface area contributed by atoms with Crippen LogP contribution < -0.4 is 0 Å². The van der Waals surface area contributed by atoms with E-state index in [-0.39, 0.29) is 37.4 Å². The molecule has 0 radical (unpaired) electrons. The van der Waals surface area contributed by atoms with Crippen molar-refractivity contribution in [2.24, 2.45) is 17.8 Å². The SMILES string of the molecule is CC(C)[C@@H]1C(=O)N(S(C)(=O)=O)[C@@H]2CCN(C(=O)C3CN(C(=O)OCc4ccccc4)C3)[C@H]21. The van der Waals surface area contributed by atoms with Crippen molar-refractivity contribution in [3.8, 4) is 0 Å². The van der Waals surface area contributed by atoms with Gasteiger partial charge in [-0.05, 0) is 17.9 Å². The third-order valence-corrected chi connectivity index (χ3v) is 7.81. The maximum absolute atomic E-state index is 13.2. The number of hydrogen-bond donors (Lipinski definition) is 0. The Morgan fingerprint density at radius 3 is 2.41 bits per heavy atom. The van der Waals surface area contributed by atoms with Crippen molar-refractivity contribution in [1.82, 2.24) is 14.1 Å². The lowest BCUT2D eigenvalue weighted by Crippen LogP contribution is -2.58. The van der Waals surface area contributed by atoms with E-state index in [0.29, 0.717) is 13.0 Å². The molecule has 3 amide bonds. The van der Waals surface area contributed by atoms with Crippen LogP contribution in [0.3, 0.4) is 0 Å². The Morgan fingerprint density at radius 1 is 1.16 bits per heavy atom. The van der Waals surface area contributed by atoms with Crippen LogP contribution in [0, 0.1) is 17.8 Å². The predicted octanol–water partition coefficient (Wildman–Crippen LogP) is 1.30. The van der Waals surface area contributed by atoms with Gasteiger partial charge in [-0.3, -0.25) is 9.59 Å². The average molecular weight is 464 g/mol.